The number of hydrogen-bond acceptors (Lipinski definition) is 3. The number of carboxylic acid groups (broad SMARTS) is 1. The lowest BCUT2D eigenvalue weighted by Crippen LogP contribution is -2.49. The Morgan fingerprint density at radius 2 is 1.63 bits per heavy atom. The van der Waals surface area contributed by atoms with Gasteiger partial charge in [-0.25, -0.2) is 4.79 Å². The number of hydrogen-bond donors (Lipinski definition) is 2. The Balaban J connectivity index is 4.06. The average Bonchev–Trinajstić information content (AvgIpc) is 2.29. The molecule has 0 aliphatic rings. The molecule has 0 saturated carbocycles. The summed E-state index contributed by atoms with van der Waals surface area (Å²) in [5.41, 5.74) is -1.28. The summed E-state index contributed by atoms with van der Waals surface area (Å²) in [7, 11) is 0. The van der Waals surface area contributed by atoms with E-state index in [1.54, 1.807) is 4.90 Å². The molecule has 0 saturated heterocycles. The van der Waals surface area contributed by atoms with Gasteiger partial charge in [0, 0.05) is 25.9 Å². The first-order valence-corrected chi connectivity index (χ1v) is 6.56. The van der Waals surface area contributed by atoms with Gasteiger partial charge in [0.2, 0.25) is 11.8 Å². The molecule has 110 valence electrons. The second kappa shape index (κ2) is 7.76. The molecule has 0 aromatic heterocycles. The molecular weight excluding hydrogens is 248 g/mol. The summed E-state index contributed by atoms with van der Waals surface area (Å²) in [5, 5.41) is 11.3. The standard InChI is InChI=1S/C13H24N2O4/c1-5-15(6-2)11(17)9-7-8-10(16)14-13(3,4)12(18)19/h5-9H2,1-4H3,(H,14,16)(H,18,19). The summed E-state index contributed by atoms with van der Waals surface area (Å²) in [6, 6.07) is 0. The zero-order valence-corrected chi connectivity index (χ0v) is 12.2. The molecule has 0 aliphatic carbocycles. The second-order valence-electron chi connectivity index (χ2n) is 4.90. The SMILES string of the molecule is CCN(CC)C(=O)CCCC(=O)NC(C)(C)C(=O)O. The van der Waals surface area contributed by atoms with Crippen LogP contribution in [0.5, 0.6) is 0 Å². The van der Waals surface area contributed by atoms with Crippen LogP contribution < -0.4 is 5.32 Å². The summed E-state index contributed by atoms with van der Waals surface area (Å²) in [4.78, 5) is 35.8. The maximum absolute atomic E-state index is 11.7. The third-order valence-electron chi connectivity index (χ3n) is 2.90. The molecule has 2 amide bonds. The normalized spacial score (nSPS) is 10.9. The van der Waals surface area contributed by atoms with Gasteiger partial charge in [-0.3, -0.25) is 9.59 Å². The van der Waals surface area contributed by atoms with Crippen molar-refractivity contribution >= 4 is 17.8 Å². The first-order chi connectivity index (χ1) is 8.74. The number of nitrogens with zero attached hydrogens (tertiary/aromatic N) is 1. The molecule has 0 heterocycles. The van der Waals surface area contributed by atoms with Crippen LogP contribution in [-0.2, 0) is 14.4 Å². The van der Waals surface area contributed by atoms with E-state index in [0.717, 1.165) is 0 Å². The minimum absolute atomic E-state index is 0.0234. The molecule has 19 heavy (non-hydrogen) atoms. The van der Waals surface area contributed by atoms with Crippen LogP contribution in [0.15, 0.2) is 0 Å². The summed E-state index contributed by atoms with van der Waals surface area (Å²) < 4.78 is 0. The van der Waals surface area contributed by atoms with E-state index < -0.39 is 11.5 Å². The van der Waals surface area contributed by atoms with Gasteiger partial charge in [-0.05, 0) is 34.1 Å². The van der Waals surface area contributed by atoms with E-state index in [0.29, 0.717) is 25.9 Å². The lowest BCUT2D eigenvalue weighted by atomic mass is 10.1. The fourth-order valence-corrected chi connectivity index (χ4v) is 1.60. The average molecular weight is 272 g/mol. The van der Waals surface area contributed by atoms with Crippen molar-refractivity contribution in [3.8, 4) is 0 Å². The highest BCUT2D eigenvalue weighted by molar-refractivity contribution is 5.86. The van der Waals surface area contributed by atoms with Crippen LogP contribution in [0, 0.1) is 0 Å². The quantitative estimate of drug-likeness (QED) is 0.690. The van der Waals surface area contributed by atoms with E-state index in [2.05, 4.69) is 5.32 Å². The van der Waals surface area contributed by atoms with Crippen LogP contribution in [0.2, 0.25) is 0 Å². The van der Waals surface area contributed by atoms with E-state index in [-0.39, 0.29) is 18.2 Å². The number of carboxylic acids is 1. The fourth-order valence-electron chi connectivity index (χ4n) is 1.60. The minimum atomic E-state index is -1.28. The van der Waals surface area contributed by atoms with E-state index in [1.165, 1.54) is 13.8 Å². The predicted octanol–water partition coefficient (Wildman–Crippen LogP) is 1.00. The van der Waals surface area contributed by atoms with Crippen molar-refractivity contribution in [2.24, 2.45) is 0 Å². The molecule has 0 aliphatic heterocycles. The largest absolute Gasteiger partial charge is 0.480 e. The van der Waals surface area contributed by atoms with Gasteiger partial charge in [0.15, 0.2) is 0 Å². The number of aliphatic carboxylic acids is 1. The molecule has 0 aromatic rings. The lowest BCUT2D eigenvalue weighted by Gasteiger charge is -2.21. The Hall–Kier alpha value is -1.59. The Kier molecular flexibility index (Phi) is 7.11. The third kappa shape index (κ3) is 6.22. The van der Waals surface area contributed by atoms with Gasteiger partial charge >= 0.3 is 5.97 Å². The van der Waals surface area contributed by atoms with Crippen LogP contribution in [0.1, 0.15) is 47.0 Å². The van der Waals surface area contributed by atoms with Crippen LogP contribution in [0.3, 0.4) is 0 Å². The van der Waals surface area contributed by atoms with Crippen molar-refractivity contribution in [3.63, 3.8) is 0 Å². The Morgan fingerprint density at radius 3 is 2.05 bits per heavy atom. The van der Waals surface area contributed by atoms with Crippen LogP contribution in [0.4, 0.5) is 0 Å². The molecule has 6 nitrogen and oxygen atoms in total. The summed E-state index contributed by atoms with van der Waals surface area (Å²) in [5.74, 6) is -1.41. The highest BCUT2D eigenvalue weighted by Gasteiger charge is 2.28. The predicted molar refractivity (Wildman–Crippen MR) is 71.6 cm³/mol. The number of amides is 2. The molecule has 0 bridgehead atoms. The van der Waals surface area contributed by atoms with Crippen molar-refractivity contribution in [2.45, 2.75) is 52.5 Å². The van der Waals surface area contributed by atoms with E-state index >= 15 is 0 Å². The monoisotopic (exact) mass is 272 g/mol. The van der Waals surface area contributed by atoms with Crippen molar-refractivity contribution in [2.75, 3.05) is 13.1 Å². The first-order valence-electron chi connectivity index (χ1n) is 6.56. The molecule has 0 atom stereocenters. The van der Waals surface area contributed by atoms with Gasteiger partial charge < -0.3 is 15.3 Å². The molecule has 6 heteroatoms. The highest BCUT2D eigenvalue weighted by Crippen LogP contribution is 2.05. The van der Waals surface area contributed by atoms with Crippen molar-refractivity contribution < 1.29 is 19.5 Å². The first kappa shape index (κ1) is 17.4. The molecule has 0 aromatic carbocycles. The van der Waals surface area contributed by atoms with Crippen LogP contribution >= 0.6 is 0 Å². The summed E-state index contributed by atoms with van der Waals surface area (Å²) in [6.45, 7) is 7.98. The molecule has 0 rings (SSSR count). The van der Waals surface area contributed by atoms with E-state index in [4.69, 9.17) is 5.11 Å². The van der Waals surface area contributed by atoms with Gasteiger partial charge in [0.05, 0.1) is 0 Å². The smallest absolute Gasteiger partial charge is 0.328 e. The van der Waals surface area contributed by atoms with Crippen molar-refractivity contribution in [1.29, 1.82) is 0 Å². The van der Waals surface area contributed by atoms with E-state index in [9.17, 15) is 14.4 Å². The van der Waals surface area contributed by atoms with Gasteiger partial charge in [-0.15, -0.1) is 0 Å². The molecule has 2 N–H and O–H groups in total. The second-order valence-corrected chi connectivity index (χ2v) is 4.90. The Bertz CT molecular complexity index is 336. The number of carbonyl (C=O) groups excluding carboxylic acids is 2. The number of nitrogens with one attached hydrogen (secondary N) is 1. The molecular formula is C13H24N2O4. The van der Waals surface area contributed by atoms with Gasteiger partial charge in [-0.2, -0.15) is 0 Å². The van der Waals surface area contributed by atoms with Crippen molar-refractivity contribution in [1.82, 2.24) is 10.2 Å². The molecule has 0 radical (unpaired) electrons. The van der Waals surface area contributed by atoms with Gasteiger partial charge in [0.1, 0.15) is 5.54 Å². The highest BCUT2D eigenvalue weighted by atomic mass is 16.4. The summed E-state index contributed by atoms with van der Waals surface area (Å²) in [6.07, 6.45) is 0.892. The van der Waals surface area contributed by atoms with Gasteiger partial charge in [-0.1, -0.05) is 0 Å². The van der Waals surface area contributed by atoms with Crippen molar-refractivity contribution in [3.05, 3.63) is 0 Å². The Morgan fingerprint density at radius 1 is 1.11 bits per heavy atom. The zero-order chi connectivity index (χ0) is 15.1. The zero-order valence-electron chi connectivity index (χ0n) is 12.2. The fraction of sp³-hybridized carbons (Fsp3) is 0.769. The molecule has 0 spiro atoms. The van der Waals surface area contributed by atoms with Crippen LogP contribution in [-0.4, -0.2) is 46.4 Å². The summed E-state index contributed by atoms with van der Waals surface area (Å²) >= 11 is 0. The molecule has 0 unspecified atom stereocenters. The maximum atomic E-state index is 11.7. The van der Waals surface area contributed by atoms with E-state index in [1.807, 2.05) is 13.8 Å². The Labute approximate surface area is 114 Å². The topological polar surface area (TPSA) is 86.7 Å². The minimum Gasteiger partial charge on any atom is -0.480 e. The number of carbonyl (C=O) groups is 3. The lowest BCUT2D eigenvalue weighted by molar-refractivity contribution is -0.146. The van der Waals surface area contributed by atoms with Crippen LogP contribution in [0.25, 0.3) is 0 Å². The van der Waals surface area contributed by atoms with Gasteiger partial charge in [0.25, 0.3) is 0 Å². The maximum Gasteiger partial charge on any atom is 0.328 e. The third-order valence-corrected chi connectivity index (χ3v) is 2.90. The number of rotatable bonds is 8. The molecule has 0 fully saturated rings.